The molecule has 0 fully saturated rings. The van der Waals surface area contributed by atoms with Gasteiger partial charge in [-0.05, 0) is 43.0 Å². The number of benzene rings is 1. The first-order chi connectivity index (χ1) is 16.5. The molecule has 1 aromatic heterocycles. The zero-order valence-electron chi connectivity index (χ0n) is 22.3. The highest BCUT2D eigenvalue weighted by Gasteiger charge is 2.35. The monoisotopic (exact) mass is 481 g/mol. The molecule has 7 heteroatoms. The number of fused-ring (bicyclic) bond motifs is 1. The van der Waals surface area contributed by atoms with Crippen molar-refractivity contribution in [2.45, 2.75) is 86.1 Å². The maximum Gasteiger partial charge on any atom is 0.511 e. The van der Waals surface area contributed by atoms with Crippen LogP contribution in [0, 0.1) is 12.8 Å². The highest BCUT2D eigenvalue weighted by molar-refractivity contribution is 5.92. The lowest BCUT2D eigenvalue weighted by atomic mass is 9.83. The first kappa shape index (κ1) is 26.5. The lowest BCUT2D eigenvalue weighted by molar-refractivity contribution is -0.0693. The number of carbonyl (C=O) groups excluding carboxylic acids is 1. The van der Waals surface area contributed by atoms with Gasteiger partial charge in [0.15, 0.2) is 5.76 Å². The van der Waals surface area contributed by atoms with E-state index >= 15 is 0 Å². The minimum atomic E-state index is -0.870. The smallest absolute Gasteiger partial charge is 0.452 e. The number of nitrogens with zero attached hydrogens (tertiary/aromatic N) is 3. The van der Waals surface area contributed by atoms with Crippen molar-refractivity contribution in [1.29, 1.82) is 0 Å². The van der Waals surface area contributed by atoms with E-state index in [0.29, 0.717) is 18.7 Å². The van der Waals surface area contributed by atoms with Gasteiger partial charge in [0.25, 0.3) is 0 Å². The maximum absolute atomic E-state index is 12.2. The summed E-state index contributed by atoms with van der Waals surface area (Å²) in [5, 5.41) is 4.73. The van der Waals surface area contributed by atoms with Crippen molar-refractivity contribution in [3.63, 3.8) is 0 Å². The molecule has 2 aromatic rings. The summed E-state index contributed by atoms with van der Waals surface area (Å²) in [6.45, 7) is 21.1. The predicted octanol–water partition coefficient (Wildman–Crippen LogP) is 6.17. The van der Waals surface area contributed by atoms with Crippen molar-refractivity contribution in [1.82, 2.24) is 9.78 Å². The van der Waals surface area contributed by atoms with Gasteiger partial charge in [-0.1, -0.05) is 58.9 Å². The first-order valence-electron chi connectivity index (χ1n) is 12.3. The largest absolute Gasteiger partial charge is 0.511 e. The predicted molar refractivity (Wildman–Crippen MR) is 139 cm³/mol. The van der Waals surface area contributed by atoms with Gasteiger partial charge in [-0.25, -0.2) is 4.79 Å². The molecular formula is C28H39N3O4. The Balaban J connectivity index is 2.08. The normalized spacial score (nSPS) is 16.7. The van der Waals surface area contributed by atoms with Crippen molar-refractivity contribution in [3.8, 4) is 0 Å². The zero-order chi connectivity index (χ0) is 25.9. The van der Waals surface area contributed by atoms with Crippen molar-refractivity contribution in [2.24, 2.45) is 10.9 Å². The fourth-order valence-corrected chi connectivity index (χ4v) is 4.26. The standard InChI is InChI=1S/C28H39N3O4/c1-10-31-25-22(18(4)30-31)15-23(29-9)24(20-11-13-21(14-12-20)28(6,7)8)26(25)34-19(5)35-27(32)33-16-17(2)3/h11-14,17,19,23H,9-10,15-16H2,1-8H3. The molecular weight excluding hydrogens is 442 g/mol. The van der Waals surface area contributed by atoms with E-state index in [4.69, 9.17) is 19.3 Å². The number of aromatic nitrogens is 2. The molecule has 2 atom stereocenters. The summed E-state index contributed by atoms with van der Waals surface area (Å²) in [7, 11) is 0. The summed E-state index contributed by atoms with van der Waals surface area (Å²) in [4.78, 5) is 16.7. The summed E-state index contributed by atoms with van der Waals surface area (Å²) >= 11 is 0. The molecule has 0 amide bonds. The minimum Gasteiger partial charge on any atom is -0.452 e. The highest BCUT2D eigenvalue weighted by Crippen LogP contribution is 2.41. The molecule has 7 nitrogen and oxygen atoms in total. The molecule has 190 valence electrons. The van der Waals surface area contributed by atoms with Crippen LogP contribution in [0.25, 0.3) is 11.3 Å². The van der Waals surface area contributed by atoms with E-state index in [1.54, 1.807) is 6.92 Å². The third-order valence-corrected chi connectivity index (χ3v) is 6.10. The Morgan fingerprint density at radius 2 is 1.89 bits per heavy atom. The van der Waals surface area contributed by atoms with E-state index in [0.717, 1.165) is 28.1 Å². The zero-order valence-corrected chi connectivity index (χ0v) is 22.3. The van der Waals surface area contributed by atoms with Crippen LogP contribution in [0.4, 0.5) is 4.79 Å². The van der Waals surface area contributed by atoms with Crippen LogP contribution in [0.5, 0.6) is 0 Å². The summed E-state index contributed by atoms with van der Waals surface area (Å²) in [6.07, 6.45) is -0.942. The van der Waals surface area contributed by atoms with E-state index in [2.05, 4.69) is 56.7 Å². The Hall–Kier alpha value is -3.09. The third kappa shape index (κ3) is 5.95. The van der Waals surface area contributed by atoms with Crippen LogP contribution < -0.4 is 0 Å². The lowest BCUT2D eigenvalue weighted by Gasteiger charge is -2.29. The molecule has 1 aliphatic rings. The summed E-state index contributed by atoms with van der Waals surface area (Å²) in [6, 6.07) is 8.27. The van der Waals surface area contributed by atoms with Gasteiger partial charge in [0.1, 0.15) is 5.69 Å². The summed E-state index contributed by atoms with van der Waals surface area (Å²) < 4.78 is 18.9. The quantitative estimate of drug-likeness (QED) is 0.256. The van der Waals surface area contributed by atoms with Gasteiger partial charge >= 0.3 is 6.16 Å². The number of aliphatic imine (C=N–C) groups is 1. The molecule has 1 aromatic carbocycles. The molecule has 0 spiro atoms. The van der Waals surface area contributed by atoms with Gasteiger partial charge in [-0.3, -0.25) is 9.67 Å². The highest BCUT2D eigenvalue weighted by atomic mass is 16.8. The van der Waals surface area contributed by atoms with Crippen LogP contribution in [0.3, 0.4) is 0 Å². The SMILES string of the molecule is C=NC1Cc2c(C)nn(CC)c2C(OC(C)OC(=O)OCC(C)C)=C1c1ccc(C(C)(C)C)cc1. The molecule has 0 N–H and O–H groups in total. The lowest BCUT2D eigenvalue weighted by Crippen LogP contribution is -2.26. The molecule has 3 rings (SSSR count). The average molecular weight is 482 g/mol. The molecule has 2 unspecified atom stereocenters. The van der Waals surface area contributed by atoms with E-state index in [-0.39, 0.29) is 24.0 Å². The maximum atomic E-state index is 12.2. The van der Waals surface area contributed by atoms with Gasteiger partial charge in [-0.15, -0.1) is 0 Å². The number of hydrogen-bond donors (Lipinski definition) is 0. The molecule has 0 saturated heterocycles. The molecule has 0 aliphatic heterocycles. The second kappa shape index (κ2) is 10.7. The van der Waals surface area contributed by atoms with Crippen LogP contribution in [-0.2, 0) is 32.6 Å². The van der Waals surface area contributed by atoms with E-state index in [9.17, 15) is 4.79 Å². The third-order valence-electron chi connectivity index (χ3n) is 6.10. The fraction of sp³-hybridized carbons (Fsp3) is 0.536. The summed E-state index contributed by atoms with van der Waals surface area (Å²) in [5.74, 6) is 0.824. The van der Waals surface area contributed by atoms with Crippen molar-refractivity contribution in [3.05, 3.63) is 52.3 Å². The van der Waals surface area contributed by atoms with Crippen LogP contribution >= 0.6 is 0 Å². The molecule has 0 saturated carbocycles. The van der Waals surface area contributed by atoms with Gasteiger partial charge in [0.05, 0.1) is 18.3 Å². The molecule has 1 heterocycles. The summed E-state index contributed by atoms with van der Waals surface area (Å²) in [5.41, 5.74) is 6.08. The first-order valence-corrected chi connectivity index (χ1v) is 12.3. The Labute approximate surface area is 209 Å². The van der Waals surface area contributed by atoms with Crippen LogP contribution in [0.2, 0.25) is 0 Å². The number of hydrogen-bond acceptors (Lipinski definition) is 6. The van der Waals surface area contributed by atoms with Crippen molar-refractivity contribution < 1.29 is 19.0 Å². The molecule has 35 heavy (non-hydrogen) atoms. The molecule has 0 radical (unpaired) electrons. The fourth-order valence-electron chi connectivity index (χ4n) is 4.26. The Kier molecular flexibility index (Phi) is 8.08. The molecule has 1 aliphatic carbocycles. The van der Waals surface area contributed by atoms with Gasteiger partial charge in [0.2, 0.25) is 6.29 Å². The van der Waals surface area contributed by atoms with Crippen LogP contribution in [0.1, 0.15) is 76.5 Å². The van der Waals surface area contributed by atoms with Crippen LogP contribution in [0.15, 0.2) is 29.3 Å². The second-order valence-electron chi connectivity index (χ2n) is 10.5. The van der Waals surface area contributed by atoms with Gasteiger partial charge in [0, 0.05) is 31.0 Å². The number of ether oxygens (including phenoxy) is 3. The van der Waals surface area contributed by atoms with E-state index < -0.39 is 12.4 Å². The number of aryl methyl sites for hydroxylation is 2. The van der Waals surface area contributed by atoms with Gasteiger partial charge < -0.3 is 14.2 Å². The van der Waals surface area contributed by atoms with E-state index in [1.807, 2.05) is 32.4 Å². The van der Waals surface area contributed by atoms with E-state index in [1.165, 1.54) is 5.56 Å². The Morgan fingerprint density at radius 3 is 2.43 bits per heavy atom. The second-order valence-corrected chi connectivity index (χ2v) is 10.5. The van der Waals surface area contributed by atoms with Crippen molar-refractivity contribution >= 4 is 24.2 Å². The van der Waals surface area contributed by atoms with Crippen LogP contribution in [-0.4, -0.2) is 41.6 Å². The Bertz CT molecular complexity index is 1090. The average Bonchev–Trinajstić information content (AvgIpc) is 3.12. The number of rotatable bonds is 8. The van der Waals surface area contributed by atoms with Crippen molar-refractivity contribution in [2.75, 3.05) is 6.61 Å². The Morgan fingerprint density at radius 1 is 1.23 bits per heavy atom. The minimum absolute atomic E-state index is 0.0404. The molecule has 0 bridgehead atoms. The topological polar surface area (TPSA) is 74.9 Å². The number of carbonyl (C=O) groups is 1. The van der Waals surface area contributed by atoms with Gasteiger partial charge in [-0.2, -0.15) is 5.10 Å².